The van der Waals surface area contributed by atoms with E-state index in [-0.39, 0.29) is 17.6 Å². The van der Waals surface area contributed by atoms with Gasteiger partial charge in [-0.05, 0) is 30.5 Å². The van der Waals surface area contributed by atoms with Crippen molar-refractivity contribution in [3.63, 3.8) is 0 Å². The Morgan fingerprint density at radius 2 is 2.25 bits per heavy atom. The molecule has 0 spiro atoms. The van der Waals surface area contributed by atoms with Crippen molar-refractivity contribution in [3.8, 4) is 5.75 Å². The summed E-state index contributed by atoms with van der Waals surface area (Å²) in [5.41, 5.74) is 7.20. The van der Waals surface area contributed by atoms with E-state index < -0.39 is 9.84 Å². The summed E-state index contributed by atoms with van der Waals surface area (Å²) >= 11 is 0. The fourth-order valence-electron chi connectivity index (χ4n) is 2.45. The van der Waals surface area contributed by atoms with E-state index in [0.29, 0.717) is 18.9 Å². The first-order valence-electron chi connectivity index (χ1n) is 6.72. The molecule has 2 rings (SSSR count). The SMILES string of the molecule is COc1ccc(CS(=O)(=O)CC2CCCO2)cc1CN. The lowest BCUT2D eigenvalue weighted by Crippen LogP contribution is -2.21. The average Bonchev–Trinajstić information content (AvgIpc) is 2.90. The monoisotopic (exact) mass is 299 g/mol. The number of sulfone groups is 1. The molecule has 1 aliphatic heterocycles. The van der Waals surface area contributed by atoms with Crippen LogP contribution in [-0.2, 0) is 26.9 Å². The van der Waals surface area contributed by atoms with E-state index in [0.717, 1.165) is 24.0 Å². The molecule has 0 aliphatic carbocycles. The van der Waals surface area contributed by atoms with E-state index in [9.17, 15) is 8.42 Å². The van der Waals surface area contributed by atoms with Crippen molar-refractivity contribution in [1.29, 1.82) is 0 Å². The molecule has 0 radical (unpaired) electrons. The average molecular weight is 299 g/mol. The van der Waals surface area contributed by atoms with Gasteiger partial charge in [0.15, 0.2) is 9.84 Å². The summed E-state index contributed by atoms with van der Waals surface area (Å²) in [6.45, 7) is 0.989. The Labute approximate surface area is 120 Å². The third-order valence-corrected chi connectivity index (χ3v) is 5.07. The van der Waals surface area contributed by atoms with E-state index in [1.165, 1.54) is 0 Å². The summed E-state index contributed by atoms with van der Waals surface area (Å²) in [6, 6.07) is 5.33. The van der Waals surface area contributed by atoms with Gasteiger partial charge in [-0.2, -0.15) is 0 Å². The summed E-state index contributed by atoms with van der Waals surface area (Å²) in [5, 5.41) is 0. The molecule has 6 heteroatoms. The number of hydrogen-bond donors (Lipinski definition) is 1. The Kier molecular flexibility index (Phi) is 5.01. The van der Waals surface area contributed by atoms with Crippen LogP contribution < -0.4 is 10.5 Å². The van der Waals surface area contributed by atoms with Crippen LogP contribution in [0, 0.1) is 0 Å². The van der Waals surface area contributed by atoms with E-state index >= 15 is 0 Å². The van der Waals surface area contributed by atoms with Crippen molar-refractivity contribution in [3.05, 3.63) is 29.3 Å². The molecule has 20 heavy (non-hydrogen) atoms. The van der Waals surface area contributed by atoms with Gasteiger partial charge in [0.25, 0.3) is 0 Å². The predicted molar refractivity (Wildman–Crippen MR) is 77.4 cm³/mol. The van der Waals surface area contributed by atoms with Gasteiger partial charge in [-0.25, -0.2) is 8.42 Å². The van der Waals surface area contributed by atoms with Gasteiger partial charge in [-0.3, -0.25) is 0 Å². The summed E-state index contributed by atoms with van der Waals surface area (Å²) in [6.07, 6.45) is 1.63. The third kappa shape index (κ3) is 3.94. The lowest BCUT2D eigenvalue weighted by atomic mass is 10.1. The molecule has 0 aromatic heterocycles. The number of hydrogen-bond acceptors (Lipinski definition) is 5. The Hall–Kier alpha value is -1.11. The lowest BCUT2D eigenvalue weighted by molar-refractivity contribution is 0.127. The molecule has 5 nitrogen and oxygen atoms in total. The highest BCUT2D eigenvalue weighted by Crippen LogP contribution is 2.22. The molecule has 0 bridgehead atoms. The van der Waals surface area contributed by atoms with Crippen LogP contribution in [0.15, 0.2) is 18.2 Å². The first-order chi connectivity index (χ1) is 9.54. The molecule has 1 saturated heterocycles. The first-order valence-corrected chi connectivity index (χ1v) is 8.54. The van der Waals surface area contributed by atoms with E-state index in [2.05, 4.69) is 0 Å². The summed E-state index contributed by atoms with van der Waals surface area (Å²) in [4.78, 5) is 0. The fourth-order valence-corrected chi connectivity index (χ4v) is 4.09. The highest BCUT2D eigenvalue weighted by molar-refractivity contribution is 7.90. The maximum Gasteiger partial charge on any atom is 0.156 e. The van der Waals surface area contributed by atoms with Crippen molar-refractivity contribution >= 4 is 9.84 Å². The Bertz CT molecular complexity index is 550. The zero-order chi connectivity index (χ0) is 14.6. The molecule has 1 atom stereocenters. The zero-order valence-electron chi connectivity index (χ0n) is 11.7. The van der Waals surface area contributed by atoms with Crippen molar-refractivity contribution in [2.45, 2.75) is 31.2 Å². The highest BCUT2D eigenvalue weighted by atomic mass is 32.2. The molecule has 1 heterocycles. The Morgan fingerprint density at radius 3 is 2.85 bits per heavy atom. The van der Waals surface area contributed by atoms with Gasteiger partial charge >= 0.3 is 0 Å². The minimum Gasteiger partial charge on any atom is -0.496 e. The van der Waals surface area contributed by atoms with Crippen LogP contribution in [0.4, 0.5) is 0 Å². The molecule has 1 unspecified atom stereocenters. The van der Waals surface area contributed by atoms with Crippen LogP contribution >= 0.6 is 0 Å². The van der Waals surface area contributed by atoms with Crippen LogP contribution in [0.25, 0.3) is 0 Å². The molecule has 112 valence electrons. The van der Waals surface area contributed by atoms with Gasteiger partial charge in [-0.15, -0.1) is 0 Å². The highest BCUT2D eigenvalue weighted by Gasteiger charge is 2.23. The fraction of sp³-hybridized carbons (Fsp3) is 0.571. The third-order valence-electron chi connectivity index (χ3n) is 3.42. The molecule has 1 aromatic rings. The second-order valence-electron chi connectivity index (χ2n) is 5.04. The van der Waals surface area contributed by atoms with Crippen molar-refractivity contribution < 1.29 is 17.9 Å². The molecular formula is C14H21NO4S. The second kappa shape index (κ2) is 6.56. The van der Waals surface area contributed by atoms with E-state index in [1.54, 1.807) is 25.3 Å². The molecule has 1 aliphatic rings. The van der Waals surface area contributed by atoms with E-state index in [1.807, 2.05) is 0 Å². The number of ether oxygens (including phenoxy) is 2. The lowest BCUT2D eigenvalue weighted by Gasteiger charge is -2.12. The maximum absolute atomic E-state index is 12.2. The number of benzene rings is 1. The van der Waals surface area contributed by atoms with Crippen LogP contribution in [0.2, 0.25) is 0 Å². The normalized spacial score (nSPS) is 19.2. The van der Waals surface area contributed by atoms with Gasteiger partial charge in [0, 0.05) is 18.7 Å². The predicted octanol–water partition coefficient (Wildman–Crippen LogP) is 1.25. The molecule has 1 fully saturated rings. The van der Waals surface area contributed by atoms with Gasteiger partial charge in [0.1, 0.15) is 5.75 Å². The van der Waals surface area contributed by atoms with Crippen molar-refractivity contribution in [1.82, 2.24) is 0 Å². The minimum atomic E-state index is -3.17. The Morgan fingerprint density at radius 1 is 1.45 bits per heavy atom. The van der Waals surface area contributed by atoms with Gasteiger partial charge < -0.3 is 15.2 Å². The van der Waals surface area contributed by atoms with Gasteiger partial charge in [0.2, 0.25) is 0 Å². The van der Waals surface area contributed by atoms with E-state index in [4.69, 9.17) is 15.2 Å². The zero-order valence-corrected chi connectivity index (χ0v) is 12.5. The number of rotatable bonds is 6. The van der Waals surface area contributed by atoms with Crippen LogP contribution in [0.1, 0.15) is 24.0 Å². The second-order valence-corrected chi connectivity index (χ2v) is 7.15. The van der Waals surface area contributed by atoms with Crippen LogP contribution in [-0.4, -0.2) is 34.0 Å². The summed E-state index contributed by atoms with van der Waals surface area (Å²) in [7, 11) is -1.60. The molecule has 0 saturated carbocycles. The van der Waals surface area contributed by atoms with Crippen LogP contribution in [0.5, 0.6) is 5.75 Å². The molecule has 2 N–H and O–H groups in total. The minimum absolute atomic E-state index is 0.0177. The van der Waals surface area contributed by atoms with Crippen LogP contribution in [0.3, 0.4) is 0 Å². The first kappa shape index (κ1) is 15.3. The quantitative estimate of drug-likeness (QED) is 0.855. The Balaban J connectivity index is 2.08. The maximum atomic E-state index is 12.2. The standard InChI is InChI=1S/C14H21NO4S/c1-18-14-5-4-11(7-12(14)8-15)9-20(16,17)10-13-3-2-6-19-13/h4-5,7,13H,2-3,6,8-10,15H2,1H3. The summed E-state index contributed by atoms with van der Waals surface area (Å²) < 4.78 is 34.9. The smallest absolute Gasteiger partial charge is 0.156 e. The number of methoxy groups -OCH3 is 1. The van der Waals surface area contributed by atoms with Crippen molar-refractivity contribution in [2.24, 2.45) is 5.73 Å². The molecule has 0 amide bonds. The summed E-state index contributed by atoms with van der Waals surface area (Å²) in [5.74, 6) is 0.800. The number of nitrogens with two attached hydrogens (primary N) is 1. The van der Waals surface area contributed by atoms with Crippen molar-refractivity contribution in [2.75, 3.05) is 19.5 Å². The molecular weight excluding hydrogens is 278 g/mol. The molecule has 1 aromatic carbocycles. The van der Waals surface area contributed by atoms with Gasteiger partial charge in [0.05, 0.1) is 24.7 Å². The van der Waals surface area contributed by atoms with Gasteiger partial charge in [-0.1, -0.05) is 6.07 Å². The topological polar surface area (TPSA) is 78.6 Å². The largest absolute Gasteiger partial charge is 0.496 e.